The molecule has 1 aliphatic heterocycles. The minimum atomic E-state index is -0.230. The number of fused-ring (bicyclic) bond motifs is 1. The summed E-state index contributed by atoms with van der Waals surface area (Å²) < 4.78 is 10.9. The molecule has 1 aromatic heterocycles. The lowest BCUT2D eigenvalue weighted by atomic mass is 10.1. The molecule has 0 fully saturated rings. The first kappa shape index (κ1) is 14.7. The van der Waals surface area contributed by atoms with Gasteiger partial charge in [-0.2, -0.15) is 0 Å². The number of anilines is 1. The molecule has 0 N–H and O–H groups in total. The number of ether oxygens (including phenoxy) is 2. The number of nitrogens with zero attached hydrogens (tertiary/aromatic N) is 2. The summed E-state index contributed by atoms with van der Waals surface area (Å²) in [4.78, 5) is 18.8. The lowest BCUT2D eigenvalue weighted by molar-refractivity contribution is 0.0956. The van der Waals surface area contributed by atoms with Gasteiger partial charge in [-0.3, -0.25) is 9.69 Å². The molecular weight excluding hydrogens is 304 g/mol. The van der Waals surface area contributed by atoms with Crippen molar-refractivity contribution >= 4 is 23.2 Å². The van der Waals surface area contributed by atoms with Crippen LogP contribution in [0.25, 0.3) is 0 Å². The zero-order chi connectivity index (χ0) is 15.7. The van der Waals surface area contributed by atoms with Gasteiger partial charge in [-0.05, 0) is 31.2 Å². The van der Waals surface area contributed by atoms with Gasteiger partial charge in [0, 0.05) is 6.20 Å². The van der Waals surface area contributed by atoms with Crippen LogP contribution in [0, 0.1) is 0 Å². The number of halogens is 1. The fraction of sp³-hybridized carbons (Fsp3) is 0.250. The van der Waals surface area contributed by atoms with Crippen molar-refractivity contribution in [1.29, 1.82) is 0 Å². The number of benzene rings is 1. The van der Waals surface area contributed by atoms with E-state index in [1.54, 1.807) is 41.4 Å². The van der Waals surface area contributed by atoms with Crippen LogP contribution < -0.4 is 14.4 Å². The highest BCUT2D eigenvalue weighted by atomic mass is 35.5. The van der Waals surface area contributed by atoms with E-state index in [2.05, 4.69) is 4.98 Å². The van der Waals surface area contributed by atoms with E-state index in [-0.39, 0.29) is 12.0 Å². The Labute approximate surface area is 133 Å². The molecule has 5 nitrogen and oxygen atoms in total. The number of aromatic nitrogens is 1. The number of amides is 1. The van der Waals surface area contributed by atoms with Crippen LogP contribution in [0.5, 0.6) is 11.6 Å². The Balaban J connectivity index is 2.07. The molecule has 1 aromatic carbocycles. The van der Waals surface area contributed by atoms with Gasteiger partial charge in [-0.25, -0.2) is 4.98 Å². The average molecular weight is 319 g/mol. The highest BCUT2D eigenvalue weighted by Gasteiger charge is 2.31. The van der Waals surface area contributed by atoms with Crippen LogP contribution in [-0.2, 0) is 0 Å². The third kappa shape index (κ3) is 2.48. The van der Waals surface area contributed by atoms with Gasteiger partial charge < -0.3 is 9.47 Å². The van der Waals surface area contributed by atoms with Crippen molar-refractivity contribution in [3.05, 3.63) is 47.1 Å². The van der Waals surface area contributed by atoms with Crippen molar-refractivity contribution in [2.45, 2.75) is 13.0 Å². The zero-order valence-electron chi connectivity index (χ0n) is 12.2. The fourth-order valence-electron chi connectivity index (χ4n) is 2.47. The van der Waals surface area contributed by atoms with Crippen LogP contribution in [0.15, 0.2) is 36.5 Å². The van der Waals surface area contributed by atoms with Gasteiger partial charge in [0.05, 0.1) is 18.7 Å². The van der Waals surface area contributed by atoms with E-state index in [1.165, 1.54) is 7.11 Å². The molecule has 0 radical (unpaired) electrons. The lowest BCUT2D eigenvalue weighted by Gasteiger charge is -2.32. The highest BCUT2D eigenvalue weighted by molar-refractivity contribution is 6.35. The van der Waals surface area contributed by atoms with E-state index in [4.69, 9.17) is 21.1 Å². The van der Waals surface area contributed by atoms with Crippen molar-refractivity contribution in [3.63, 3.8) is 0 Å². The van der Waals surface area contributed by atoms with Crippen LogP contribution in [0.3, 0.4) is 0 Å². The largest absolute Gasteiger partial charge is 0.496 e. The topological polar surface area (TPSA) is 51.7 Å². The van der Waals surface area contributed by atoms with E-state index in [1.807, 2.05) is 6.92 Å². The summed E-state index contributed by atoms with van der Waals surface area (Å²) in [5, 5.41) is 0.355. The van der Waals surface area contributed by atoms with E-state index >= 15 is 0 Å². The molecule has 0 saturated carbocycles. The Bertz CT molecular complexity index is 720. The molecule has 1 aliphatic rings. The minimum Gasteiger partial charge on any atom is -0.496 e. The second-order valence-electron chi connectivity index (χ2n) is 4.99. The maximum absolute atomic E-state index is 13.0. The summed E-state index contributed by atoms with van der Waals surface area (Å²) in [6, 6.07) is 8.70. The van der Waals surface area contributed by atoms with Crippen molar-refractivity contribution in [2.24, 2.45) is 0 Å². The average Bonchev–Trinajstić information content (AvgIpc) is 2.53. The standard InChI is InChI=1S/C16H15ClN2O3/c1-10-9-19(12-6-4-8-18-15(12)22-10)16(20)14-11(17)5-3-7-13(14)21-2/h3-8,10H,9H2,1-2H3. The second-order valence-corrected chi connectivity index (χ2v) is 5.40. The first-order valence-electron chi connectivity index (χ1n) is 6.88. The van der Waals surface area contributed by atoms with Gasteiger partial charge >= 0.3 is 0 Å². The highest BCUT2D eigenvalue weighted by Crippen LogP contribution is 2.35. The summed E-state index contributed by atoms with van der Waals surface area (Å²) in [6.07, 6.45) is 1.48. The summed E-state index contributed by atoms with van der Waals surface area (Å²) in [6.45, 7) is 2.31. The third-order valence-electron chi connectivity index (χ3n) is 3.45. The normalized spacial score (nSPS) is 16.7. The summed E-state index contributed by atoms with van der Waals surface area (Å²) in [7, 11) is 1.51. The van der Waals surface area contributed by atoms with Gasteiger partial charge in [-0.15, -0.1) is 0 Å². The molecule has 114 valence electrons. The molecular formula is C16H15ClN2O3. The molecule has 6 heteroatoms. The van der Waals surface area contributed by atoms with Crippen molar-refractivity contribution in [2.75, 3.05) is 18.6 Å². The fourth-order valence-corrected chi connectivity index (χ4v) is 2.72. The quantitative estimate of drug-likeness (QED) is 0.853. The Kier molecular flexibility index (Phi) is 3.90. The molecule has 1 atom stereocenters. The van der Waals surface area contributed by atoms with Gasteiger partial charge in [0.25, 0.3) is 5.91 Å². The molecule has 2 heterocycles. The third-order valence-corrected chi connectivity index (χ3v) is 3.76. The Morgan fingerprint density at radius 3 is 3.00 bits per heavy atom. The minimum absolute atomic E-state index is 0.153. The first-order valence-corrected chi connectivity index (χ1v) is 7.25. The van der Waals surface area contributed by atoms with Crippen molar-refractivity contribution in [3.8, 4) is 11.6 Å². The van der Waals surface area contributed by atoms with E-state index in [9.17, 15) is 4.79 Å². The Morgan fingerprint density at radius 2 is 2.23 bits per heavy atom. The second kappa shape index (κ2) is 5.85. The van der Waals surface area contributed by atoms with Crippen molar-refractivity contribution in [1.82, 2.24) is 4.98 Å². The molecule has 1 amide bonds. The Hall–Kier alpha value is -2.27. The number of rotatable bonds is 2. The predicted octanol–water partition coefficient (Wildman–Crippen LogP) is 3.17. The molecule has 22 heavy (non-hydrogen) atoms. The number of methoxy groups -OCH3 is 1. The summed E-state index contributed by atoms with van der Waals surface area (Å²) in [5.74, 6) is 0.662. The molecule has 1 unspecified atom stereocenters. The zero-order valence-corrected chi connectivity index (χ0v) is 13.0. The van der Waals surface area contributed by atoms with Crippen molar-refractivity contribution < 1.29 is 14.3 Å². The van der Waals surface area contributed by atoms with Gasteiger partial charge in [0.2, 0.25) is 5.88 Å². The van der Waals surface area contributed by atoms with Crippen LogP contribution in [0.1, 0.15) is 17.3 Å². The molecule has 0 aliphatic carbocycles. The van der Waals surface area contributed by atoms with E-state index < -0.39 is 0 Å². The number of hydrogen-bond donors (Lipinski definition) is 0. The molecule has 0 saturated heterocycles. The van der Waals surface area contributed by atoms with E-state index in [0.29, 0.717) is 34.4 Å². The summed E-state index contributed by atoms with van der Waals surface area (Å²) in [5.41, 5.74) is 0.975. The summed E-state index contributed by atoms with van der Waals surface area (Å²) >= 11 is 6.21. The number of carbonyl (C=O) groups is 1. The SMILES string of the molecule is COc1cccc(Cl)c1C(=O)N1CC(C)Oc2ncccc21. The van der Waals surface area contributed by atoms with Crippen LogP contribution >= 0.6 is 11.6 Å². The van der Waals surface area contributed by atoms with Gasteiger partial charge in [0.15, 0.2) is 0 Å². The maximum Gasteiger partial charge on any atom is 0.263 e. The maximum atomic E-state index is 13.0. The Morgan fingerprint density at radius 1 is 1.41 bits per heavy atom. The number of pyridine rings is 1. The number of carbonyl (C=O) groups excluding carboxylic acids is 1. The predicted molar refractivity (Wildman–Crippen MR) is 84.0 cm³/mol. The van der Waals surface area contributed by atoms with E-state index in [0.717, 1.165) is 0 Å². The smallest absolute Gasteiger partial charge is 0.263 e. The number of hydrogen-bond acceptors (Lipinski definition) is 4. The lowest BCUT2D eigenvalue weighted by Crippen LogP contribution is -2.42. The van der Waals surface area contributed by atoms with Gasteiger partial charge in [-0.1, -0.05) is 17.7 Å². The van der Waals surface area contributed by atoms with Gasteiger partial charge in [0.1, 0.15) is 23.1 Å². The molecule has 0 bridgehead atoms. The first-order chi connectivity index (χ1) is 10.6. The van der Waals surface area contributed by atoms with Crippen LogP contribution in [0.4, 0.5) is 5.69 Å². The van der Waals surface area contributed by atoms with Crippen LogP contribution in [0.2, 0.25) is 5.02 Å². The molecule has 2 aromatic rings. The molecule has 0 spiro atoms. The molecule has 3 rings (SSSR count). The van der Waals surface area contributed by atoms with Crippen LogP contribution in [-0.4, -0.2) is 30.6 Å². The monoisotopic (exact) mass is 318 g/mol.